The highest BCUT2D eigenvalue weighted by atomic mass is 16.5. The molecule has 0 radical (unpaired) electrons. The number of nitrogens with one attached hydrogen (secondary N) is 2. The maximum atomic E-state index is 13.2. The molecule has 3 N–H and O–H groups in total. The van der Waals surface area contributed by atoms with Crippen LogP contribution < -0.4 is 15.4 Å². The zero-order chi connectivity index (χ0) is 31.2. The Morgan fingerprint density at radius 3 is 2.53 bits per heavy atom. The number of carbonyl (C=O) groups is 2. The summed E-state index contributed by atoms with van der Waals surface area (Å²) in [5.41, 5.74) is 7.89. The van der Waals surface area contributed by atoms with Gasteiger partial charge in [-0.25, -0.2) is 4.98 Å². The molecule has 4 aromatic carbocycles. The highest BCUT2D eigenvalue weighted by Gasteiger charge is 2.27. The van der Waals surface area contributed by atoms with Crippen molar-refractivity contribution in [1.29, 1.82) is 0 Å². The van der Waals surface area contributed by atoms with Gasteiger partial charge in [0, 0.05) is 43.9 Å². The van der Waals surface area contributed by atoms with Crippen LogP contribution in [0.5, 0.6) is 5.75 Å². The number of fused-ring (bicyclic) bond motifs is 1. The van der Waals surface area contributed by atoms with Gasteiger partial charge in [-0.15, -0.1) is 0 Å². The van der Waals surface area contributed by atoms with Gasteiger partial charge < -0.3 is 25.0 Å². The number of nitrogens with zero attached hydrogens (tertiary/aromatic N) is 2. The van der Waals surface area contributed by atoms with Gasteiger partial charge in [-0.3, -0.25) is 9.59 Å². The summed E-state index contributed by atoms with van der Waals surface area (Å²) >= 11 is 0. The van der Waals surface area contributed by atoms with Crippen molar-refractivity contribution in [1.82, 2.24) is 20.2 Å². The van der Waals surface area contributed by atoms with E-state index in [-0.39, 0.29) is 18.5 Å². The molecule has 1 aliphatic heterocycles. The van der Waals surface area contributed by atoms with Crippen molar-refractivity contribution in [2.45, 2.75) is 38.4 Å². The molecule has 5 aromatic rings. The van der Waals surface area contributed by atoms with Crippen molar-refractivity contribution >= 4 is 11.9 Å². The number of amides is 1. The lowest BCUT2D eigenvalue weighted by Gasteiger charge is -2.28. The molecule has 1 amide bonds. The first-order valence-electron chi connectivity index (χ1n) is 15.2. The van der Waals surface area contributed by atoms with Gasteiger partial charge in [-0.05, 0) is 40.8 Å². The van der Waals surface area contributed by atoms with E-state index in [1.165, 1.54) is 22.3 Å². The number of ether oxygens (including phenoxy) is 1. The predicted molar refractivity (Wildman–Crippen MR) is 173 cm³/mol. The third-order valence-electron chi connectivity index (χ3n) is 8.38. The Kier molecular flexibility index (Phi) is 9.03. The van der Waals surface area contributed by atoms with E-state index in [1.807, 2.05) is 30.7 Å². The number of carboxylic acids is 1. The van der Waals surface area contributed by atoms with Gasteiger partial charge in [0.1, 0.15) is 5.75 Å². The van der Waals surface area contributed by atoms with Crippen LogP contribution in [0.3, 0.4) is 0 Å². The normalized spacial score (nSPS) is 14.6. The molecule has 2 unspecified atom stereocenters. The smallest absolute Gasteiger partial charge is 0.312 e. The minimum absolute atomic E-state index is 0.0191. The largest absolute Gasteiger partial charge is 0.492 e. The number of aryl methyl sites for hydroxylation is 1. The number of aliphatic carboxylic acids is 1. The van der Waals surface area contributed by atoms with Crippen LogP contribution in [0.4, 0.5) is 0 Å². The molecular weight excluding hydrogens is 564 g/mol. The second kappa shape index (κ2) is 13.6. The number of aromatic nitrogens is 2. The Morgan fingerprint density at radius 2 is 1.76 bits per heavy atom. The number of carboxylic acid groups (broad SMARTS) is 1. The molecule has 0 spiro atoms. The molecule has 0 bridgehead atoms. The highest BCUT2D eigenvalue weighted by Crippen LogP contribution is 2.35. The van der Waals surface area contributed by atoms with Crippen molar-refractivity contribution in [3.8, 4) is 16.9 Å². The second-order valence-electron chi connectivity index (χ2n) is 11.3. The fourth-order valence-corrected chi connectivity index (χ4v) is 5.89. The molecule has 228 valence electrons. The lowest BCUT2D eigenvalue weighted by molar-refractivity contribution is -0.138. The Labute approximate surface area is 262 Å². The summed E-state index contributed by atoms with van der Waals surface area (Å²) in [6, 6.07) is 31.5. The van der Waals surface area contributed by atoms with E-state index in [4.69, 9.17) is 4.74 Å². The third kappa shape index (κ3) is 6.81. The zero-order valence-electron chi connectivity index (χ0n) is 25.1. The molecule has 8 nitrogen and oxygen atoms in total. The van der Waals surface area contributed by atoms with Gasteiger partial charge in [0.05, 0.1) is 30.1 Å². The van der Waals surface area contributed by atoms with Crippen LogP contribution in [0.25, 0.3) is 11.1 Å². The third-order valence-corrected chi connectivity index (χ3v) is 8.38. The molecule has 0 fully saturated rings. The lowest BCUT2D eigenvalue weighted by atomic mass is 9.96. The Balaban J connectivity index is 1.11. The molecule has 0 saturated carbocycles. The molecule has 8 heteroatoms. The maximum absolute atomic E-state index is 13.2. The number of rotatable bonds is 11. The van der Waals surface area contributed by atoms with Gasteiger partial charge in [-0.2, -0.15) is 0 Å². The molecule has 1 aromatic heterocycles. The fraction of sp³-hybridized carbons (Fsp3) is 0.216. The summed E-state index contributed by atoms with van der Waals surface area (Å²) in [5.74, 6) is -1.66. The average Bonchev–Trinajstić information content (AvgIpc) is 3.51. The first-order chi connectivity index (χ1) is 22.0. The van der Waals surface area contributed by atoms with Gasteiger partial charge >= 0.3 is 5.97 Å². The van der Waals surface area contributed by atoms with Crippen LogP contribution in [-0.4, -0.2) is 39.7 Å². The summed E-state index contributed by atoms with van der Waals surface area (Å²) in [7, 11) is 0. The van der Waals surface area contributed by atoms with E-state index < -0.39 is 11.9 Å². The van der Waals surface area contributed by atoms with E-state index in [0.29, 0.717) is 36.6 Å². The number of hydrogen-bond donors (Lipinski definition) is 3. The van der Waals surface area contributed by atoms with Crippen LogP contribution in [0, 0.1) is 6.92 Å². The molecule has 2 heterocycles. The first-order valence-corrected chi connectivity index (χ1v) is 15.2. The van der Waals surface area contributed by atoms with Crippen molar-refractivity contribution in [3.63, 3.8) is 0 Å². The van der Waals surface area contributed by atoms with E-state index >= 15 is 0 Å². The predicted octanol–water partition coefficient (Wildman–Crippen LogP) is 6.12. The highest BCUT2D eigenvalue weighted by molar-refractivity contribution is 5.97. The number of para-hydroxylation sites is 1. The van der Waals surface area contributed by atoms with Crippen molar-refractivity contribution in [3.05, 3.63) is 143 Å². The van der Waals surface area contributed by atoms with Gasteiger partial charge in [0.2, 0.25) is 0 Å². The van der Waals surface area contributed by atoms with Crippen LogP contribution in [0.2, 0.25) is 0 Å². The van der Waals surface area contributed by atoms with Gasteiger partial charge in [0.25, 0.3) is 5.91 Å². The molecule has 1 aliphatic rings. The number of carbonyl (C=O) groups excluding carboxylic acids is 1. The molecule has 6 rings (SSSR count). The minimum Gasteiger partial charge on any atom is -0.492 e. The summed E-state index contributed by atoms with van der Waals surface area (Å²) in [5, 5.41) is 16.2. The zero-order valence-corrected chi connectivity index (χ0v) is 25.1. The SMILES string of the molecule is Cc1ccccc1-c1ccc(Cn2cncc2CNC2CCOc3c(C(=O)NCC(C(=O)O)c4ccccc4)cccc32)cc1. The lowest BCUT2D eigenvalue weighted by Crippen LogP contribution is -2.33. The van der Waals surface area contributed by atoms with Crippen LogP contribution in [0.15, 0.2) is 110 Å². The molecular formula is C37H36N4O4. The summed E-state index contributed by atoms with van der Waals surface area (Å²) < 4.78 is 8.14. The second-order valence-corrected chi connectivity index (χ2v) is 11.3. The summed E-state index contributed by atoms with van der Waals surface area (Å²) in [6.45, 7) is 3.87. The molecule has 2 atom stereocenters. The quantitative estimate of drug-likeness (QED) is 0.169. The van der Waals surface area contributed by atoms with Gasteiger partial charge in [-0.1, -0.05) is 91.0 Å². The topological polar surface area (TPSA) is 105 Å². The number of imidazole rings is 1. The Morgan fingerprint density at radius 1 is 0.978 bits per heavy atom. The molecule has 0 aliphatic carbocycles. The van der Waals surface area contributed by atoms with Crippen molar-refractivity contribution < 1.29 is 19.4 Å². The van der Waals surface area contributed by atoms with Crippen LogP contribution in [-0.2, 0) is 17.9 Å². The average molecular weight is 601 g/mol. The molecule has 45 heavy (non-hydrogen) atoms. The number of hydrogen-bond acceptors (Lipinski definition) is 5. The van der Waals surface area contributed by atoms with Crippen molar-refractivity contribution in [2.75, 3.05) is 13.2 Å². The fourth-order valence-electron chi connectivity index (χ4n) is 5.89. The standard InChI is InChI=1S/C37H36N4O4/c1-25-8-5-6-11-30(25)28-16-14-26(15-17-28)23-41-24-38-20-29(41)21-39-34-18-19-45-35-31(34)12-7-13-32(35)36(42)40-22-33(37(43)44)27-9-3-2-4-10-27/h2-17,20,24,33-34,39H,18-19,21-23H2,1H3,(H,40,42)(H,43,44). The Hall–Kier alpha value is -5.21. The Bertz CT molecular complexity index is 1780. The van der Waals surface area contributed by atoms with E-state index in [2.05, 4.69) is 75.6 Å². The monoisotopic (exact) mass is 600 g/mol. The van der Waals surface area contributed by atoms with E-state index in [1.54, 1.807) is 30.3 Å². The number of benzene rings is 4. The van der Waals surface area contributed by atoms with E-state index in [9.17, 15) is 14.7 Å². The van der Waals surface area contributed by atoms with Gasteiger partial charge in [0.15, 0.2) is 0 Å². The molecule has 0 saturated heterocycles. The van der Waals surface area contributed by atoms with E-state index in [0.717, 1.165) is 17.7 Å². The van der Waals surface area contributed by atoms with Crippen LogP contribution in [0.1, 0.15) is 56.7 Å². The summed E-state index contributed by atoms with van der Waals surface area (Å²) in [6.07, 6.45) is 4.48. The summed E-state index contributed by atoms with van der Waals surface area (Å²) in [4.78, 5) is 29.6. The first kappa shape index (κ1) is 29.8. The van der Waals surface area contributed by atoms with Crippen molar-refractivity contribution in [2.24, 2.45) is 0 Å². The minimum atomic E-state index is -0.990. The van der Waals surface area contributed by atoms with Crippen LogP contribution >= 0.6 is 0 Å². The maximum Gasteiger partial charge on any atom is 0.312 e.